The van der Waals surface area contributed by atoms with Crippen molar-refractivity contribution in [2.24, 2.45) is 5.92 Å². The highest BCUT2D eigenvalue weighted by atomic mass is 127. The van der Waals surface area contributed by atoms with Gasteiger partial charge in [-0.05, 0) is 46.7 Å². The highest BCUT2D eigenvalue weighted by Gasteiger charge is 2.31. The number of halogens is 2. The van der Waals surface area contributed by atoms with E-state index in [9.17, 15) is 9.59 Å². The molecule has 19 heavy (non-hydrogen) atoms. The lowest BCUT2D eigenvalue weighted by molar-refractivity contribution is -0.117. The highest BCUT2D eigenvalue weighted by molar-refractivity contribution is 14.1. The summed E-state index contributed by atoms with van der Waals surface area (Å²) in [5, 5.41) is 0.115. The molecule has 0 aliphatic carbocycles. The molecule has 0 aromatic heterocycles. The largest absolute Gasteiger partial charge is 0.311 e. The number of hydrogen-bond acceptors (Lipinski definition) is 3. The zero-order chi connectivity index (χ0) is 14.0. The van der Waals surface area contributed by atoms with E-state index < -0.39 is 0 Å². The van der Waals surface area contributed by atoms with Crippen LogP contribution < -0.4 is 4.90 Å². The summed E-state index contributed by atoms with van der Waals surface area (Å²) in [6, 6.07) is 5.91. The summed E-state index contributed by atoms with van der Waals surface area (Å²) in [4.78, 5) is 24.9. The summed E-state index contributed by atoms with van der Waals surface area (Å²) < 4.78 is 2.07. The first kappa shape index (κ1) is 15.3. The van der Waals surface area contributed by atoms with Gasteiger partial charge in [0.25, 0.3) is 0 Å². The zero-order valence-electron chi connectivity index (χ0n) is 10.4. The van der Waals surface area contributed by atoms with Crippen LogP contribution in [0.5, 0.6) is 0 Å². The quantitative estimate of drug-likeness (QED) is 0.655. The molecular weight excluding hydrogens is 441 g/mol. The minimum Gasteiger partial charge on any atom is -0.311 e. The van der Waals surface area contributed by atoms with Gasteiger partial charge in [-0.25, -0.2) is 0 Å². The van der Waals surface area contributed by atoms with Gasteiger partial charge < -0.3 is 4.90 Å². The number of nitrogens with zero attached hydrogens (tertiary/aromatic N) is 1. The number of amides is 1. The first-order valence-corrected chi connectivity index (χ1v) is 8.72. The van der Waals surface area contributed by atoms with Crippen molar-refractivity contribution >= 4 is 67.0 Å². The number of anilines is 1. The number of carbonyl (C=O) groups is 2. The number of thioether (sulfide) groups is 1. The Morgan fingerprint density at radius 3 is 2.95 bits per heavy atom. The Kier molecular flexibility index (Phi) is 5.30. The summed E-state index contributed by atoms with van der Waals surface area (Å²) in [7, 11) is 0. The molecule has 6 heteroatoms. The minimum atomic E-state index is 0.115. The zero-order valence-corrected chi connectivity index (χ0v) is 14.9. The van der Waals surface area contributed by atoms with Gasteiger partial charge >= 0.3 is 0 Å². The Balaban J connectivity index is 2.09. The SMILES string of the molecule is CC(=O)SCC1CC(=O)N(c2ccc(Br)cc2I)C1. The average molecular weight is 454 g/mol. The van der Waals surface area contributed by atoms with Crippen molar-refractivity contribution in [1.29, 1.82) is 0 Å². The van der Waals surface area contributed by atoms with Crippen molar-refractivity contribution < 1.29 is 9.59 Å². The fourth-order valence-corrected chi connectivity index (χ4v) is 4.35. The number of rotatable bonds is 3. The second-order valence-corrected chi connectivity index (χ2v) is 7.75. The summed E-state index contributed by atoms with van der Waals surface area (Å²) in [5.74, 6) is 1.14. The Morgan fingerprint density at radius 1 is 1.58 bits per heavy atom. The summed E-state index contributed by atoms with van der Waals surface area (Å²) in [6.45, 7) is 2.27. The fourth-order valence-electron chi connectivity index (χ4n) is 2.06. The van der Waals surface area contributed by atoms with Gasteiger partial charge in [0.05, 0.1) is 5.69 Å². The predicted octanol–water partition coefficient (Wildman–Crippen LogP) is 3.69. The van der Waals surface area contributed by atoms with E-state index in [0.29, 0.717) is 13.0 Å². The molecule has 1 aromatic rings. The van der Waals surface area contributed by atoms with Crippen molar-refractivity contribution in [1.82, 2.24) is 0 Å². The van der Waals surface area contributed by atoms with Gasteiger partial charge in [0, 0.05) is 33.7 Å². The molecule has 1 amide bonds. The molecule has 1 heterocycles. The first-order valence-electron chi connectivity index (χ1n) is 5.86. The Bertz CT molecular complexity index is 523. The van der Waals surface area contributed by atoms with E-state index in [-0.39, 0.29) is 16.9 Å². The third kappa shape index (κ3) is 3.95. The van der Waals surface area contributed by atoms with Crippen LogP contribution in [0, 0.1) is 9.49 Å². The van der Waals surface area contributed by atoms with E-state index in [4.69, 9.17) is 0 Å². The summed E-state index contributed by atoms with van der Waals surface area (Å²) in [5.41, 5.74) is 0.962. The molecule has 1 fully saturated rings. The monoisotopic (exact) mass is 453 g/mol. The van der Waals surface area contributed by atoms with E-state index in [1.165, 1.54) is 11.8 Å². The summed E-state index contributed by atoms with van der Waals surface area (Å²) in [6.07, 6.45) is 0.534. The molecule has 0 saturated carbocycles. The van der Waals surface area contributed by atoms with Crippen LogP contribution in [-0.2, 0) is 9.59 Å². The molecule has 0 radical (unpaired) electrons. The molecule has 1 aromatic carbocycles. The molecule has 0 N–H and O–H groups in total. The molecule has 1 atom stereocenters. The predicted molar refractivity (Wildman–Crippen MR) is 90.5 cm³/mol. The Labute approximate surface area is 138 Å². The second-order valence-electron chi connectivity index (χ2n) is 4.47. The molecular formula is C13H13BrINO2S. The van der Waals surface area contributed by atoms with Crippen molar-refractivity contribution in [2.45, 2.75) is 13.3 Å². The molecule has 0 spiro atoms. The molecule has 0 bridgehead atoms. The van der Waals surface area contributed by atoms with Crippen LogP contribution >= 0.6 is 50.3 Å². The van der Waals surface area contributed by atoms with E-state index in [2.05, 4.69) is 38.5 Å². The summed E-state index contributed by atoms with van der Waals surface area (Å²) >= 11 is 6.97. The standard InChI is InChI=1S/C13H13BrINO2S/c1-8(17)19-7-9-4-13(18)16(6-9)12-3-2-10(14)5-11(12)15/h2-3,5,9H,4,6-7H2,1H3. The smallest absolute Gasteiger partial charge is 0.227 e. The van der Waals surface area contributed by atoms with Crippen LogP contribution in [0.3, 0.4) is 0 Å². The van der Waals surface area contributed by atoms with Gasteiger partial charge in [-0.3, -0.25) is 9.59 Å². The average Bonchev–Trinajstić information content (AvgIpc) is 2.68. The first-order chi connectivity index (χ1) is 8.97. The van der Waals surface area contributed by atoms with Crippen molar-refractivity contribution in [3.8, 4) is 0 Å². The van der Waals surface area contributed by atoms with Crippen LogP contribution in [0.25, 0.3) is 0 Å². The van der Waals surface area contributed by atoms with Crippen LogP contribution in [0.2, 0.25) is 0 Å². The minimum absolute atomic E-state index is 0.115. The molecule has 1 aliphatic rings. The van der Waals surface area contributed by atoms with Gasteiger partial charge in [0.15, 0.2) is 5.12 Å². The molecule has 2 rings (SSSR count). The normalized spacial score (nSPS) is 19.0. The van der Waals surface area contributed by atoms with Gasteiger partial charge in [-0.1, -0.05) is 27.7 Å². The number of benzene rings is 1. The lowest BCUT2D eigenvalue weighted by atomic mass is 10.1. The van der Waals surface area contributed by atoms with Crippen LogP contribution in [0.1, 0.15) is 13.3 Å². The van der Waals surface area contributed by atoms with Gasteiger partial charge in [-0.2, -0.15) is 0 Å². The molecule has 102 valence electrons. The number of carbonyl (C=O) groups excluding carboxylic acids is 2. The van der Waals surface area contributed by atoms with E-state index in [0.717, 1.165) is 19.5 Å². The number of hydrogen-bond donors (Lipinski definition) is 0. The lowest BCUT2D eigenvalue weighted by Gasteiger charge is -2.18. The molecule has 1 saturated heterocycles. The Morgan fingerprint density at radius 2 is 2.32 bits per heavy atom. The topological polar surface area (TPSA) is 37.4 Å². The van der Waals surface area contributed by atoms with Crippen molar-refractivity contribution in [3.05, 3.63) is 26.2 Å². The van der Waals surface area contributed by atoms with Crippen molar-refractivity contribution in [2.75, 3.05) is 17.2 Å². The second kappa shape index (κ2) is 6.58. The van der Waals surface area contributed by atoms with Gasteiger partial charge in [-0.15, -0.1) is 0 Å². The van der Waals surface area contributed by atoms with Crippen molar-refractivity contribution in [3.63, 3.8) is 0 Å². The van der Waals surface area contributed by atoms with Crippen LogP contribution in [0.15, 0.2) is 22.7 Å². The van der Waals surface area contributed by atoms with Crippen LogP contribution in [0.4, 0.5) is 5.69 Å². The Hall–Kier alpha value is -0.0800. The van der Waals surface area contributed by atoms with Gasteiger partial charge in [0.1, 0.15) is 0 Å². The maximum Gasteiger partial charge on any atom is 0.227 e. The van der Waals surface area contributed by atoms with Crippen LogP contribution in [-0.4, -0.2) is 23.3 Å². The lowest BCUT2D eigenvalue weighted by Crippen LogP contribution is -2.25. The molecule has 1 aliphatic heterocycles. The molecule has 3 nitrogen and oxygen atoms in total. The highest BCUT2D eigenvalue weighted by Crippen LogP contribution is 2.32. The molecule has 1 unspecified atom stereocenters. The van der Waals surface area contributed by atoms with E-state index in [1.54, 1.807) is 6.92 Å². The maximum absolute atomic E-state index is 12.1. The fraction of sp³-hybridized carbons (Fsp3) is 0.385. The third-order valence-electron chi connectivity index (χ3n) is 2.93. The van der Waals surface area contributed by atoms with E-state index in [1.807, 2.05) is 23.1 Å². The maximum atomic E-state index is 12.1. The van der Waals surface area contributed by atoms with E-state index >= 15 is 0 Å². The van der Waals surface area contributed by atoms with Gasteiger partial charge in [0.2, 0.25) is 5.91 Å². The third-order valence-corrected chi connectivity index (χ3v) is 5.33.